The molecule has 154 valence electrons. The highest BCUT2D eigenvalue weighted by atomic mass is 19.1. The molecule has 1 saturated heterocycles. The predicted molar refractivity (Wildman–Crippen MR) is 104 cm³/mol. The molecule has 0 bridgehead atoms. The van der Waals surface area contributed by atoms with Gasteiger partial charge in [-0.25, -0.2) is 22.9 Å². The molecule has 5 nitrogen and oxygen atoms in total. The number of ether oxygens (including phenoxy) is 1. The van der Waals surface area contributed by atoms with Crippen molar-refractivity contribution in [3.8, 4) is 0 Å². The summed E-state index contributed by atoms with van der Waals surface area (Å²) < 4.78 is 46.7. The van der Waals surface area contributed by atoms with Crippen LogP contribution in [0.25, 0.3) is 6.08 Å². The smallest absolute Gasteiger partial charge is 0.330 e. The van der Waals surface area contributed by atoms with Gasteiger partial charge in [0.1, 0.15) is 11.6 Å². The highest BCUT2D eigenvalue weighted by molar-refractivity contribution is 5.87. The fourth-order valence-electron chi connectivity index (χ4n) is 3.20. The third-order valence-corrected chi connectivity index (χ3v) is 4.62. The summed E-state index contributed by atoms with van der Waals surface area (Å²) in [5.74, 6) is -2.09. The number of carbonyl (C=O) groups excluding carboxylic acids is 1. The van der Waals surface area contributed by atoms with Gasteiger partial charge in [0.25, 0.3) is 0 Å². The minimum absolute atomic E-state index is 0.0372. The molecule has 0 unspecified atom stereocenters. The quantitative estimate of drug-likeness (QED) is 0.562. The van der Waals surface area contributed by atoms with Crippen molar-refractivity contribution in [1.82, 2.24) is 9.88 Å². The topological polar surface area (TPSA) is 54.5 Å². The lowest BCUT2D eigenvalue weighted by Gasteiger charge is -2.18. The maximum absolute atomic E-state index is 14.3. The molecular formula is C21H22F3N3O2. The molecule has 0 radical (unpaired) electrons. The van der Waals surface area contributed by atoms with E-state index >= 15 is 0 Å². The van der Waals surface area contributed by atoms with Crippen molar-refractivity contribution in [3.63, 3.8) is 0 Å². The number of hydrogen-bond acceptors (Lipinski definition) is 5. The van der Waals surface area contributed by atoms with Gasteiger partial charge in [-0.15, -0.1) is 0 Å². The van der Waals surface area contributed by atoms with E-state index in [9.17, 15) is 18.0 Å². The molecule has 0 aliphatic carbocycles. The molecule has 3 rings (SSSR count). The summed E-state index contributed by atoms with van der Waals surface area (Å²) in [4.78, 5) is 17.3. The average Bonchev–Trinajstić information content (AvgIpc) is 3.12. The van der Waals surface area contributed by atoms with E-state index in [1.54, 1.807) is 6.92 Å². The molecule has 1 aromatic carbocycles. The van der Waals surface area contributed by atoms with E-state index in [1.165, 1.54) is 42.6 Å². The molecule has 2 heterocycles. The first kappa shape index (κ1) is 20.9. The van der Waals surface area contributed by atoms with Crippen LogP contribution in [0.15, 0.2) is 36.5 Å². The maximum Gasteiger partial charge on any atom is 0.330 e. The van der Waals surface area contributed by atoms with Gasteiger partial charge in [0.2, 0.25) is 0 Å². The summed E-state index contributed by atoms with van der Waals surface area (Å²) in [5.41, 5.74) is 0.472. The van der Waals surface area contributed by atoms with Crippen molar-refractivity contribution in [3.05, 3.63) is 65.1 Å². The summed E-state index contributed by atoms with van der Waals surface area (Å²) in [5, 5.41) is 3.04. The third kappa shape index (κ3) is 5.57. The average molecular weight is 405 g/mol. The second kappa shape index (κ2) is 9.56. The van der Waals surface area contributed by atoms with E-state index in [-0.39, 0.29) is 30.6 Å². The molecule has 2 aromatic rings. The highest BCUT2D eigenvalue weighted by Crippen LogP contribution is 2.21. The number of benzene rings is 1. The Labute approximate surface area is 167 Å². The van der Waals surface area contributed by atoms with Crippen LogP contribution in [0.2, 0.25) is 0 Å². The molecule has 8 heteroatoms. The molecular weight excluding hydrogens is 383 g/mol. The van der Waals surface area contributed by atoms with Crippen LogP contribution >= 0.6 is 0 Å². The Kier molecular flexibility index (Phi) is 6.87. The number of anilines is 1. The van der Waals surface area contributed by atoms with Gasteiger partial charge in [-0.2, -0.15) is 0 Å². The number of nitrogens with one attached hydrogen (secondary N) is 1. The number of aromatic nitrogens is 1. The number of carbonyl (C=O) groups is 1. The first-order valence-electron chi connectivity index (χ1n) is 9.38. The van der Waals surface area contributed by atoms with Crippen molar-refractivity contribution in [2.45, 2.75) is 25.9 Å². The van der Waals surface area contributed by atoms with Crippen LogP contribution in [-0.2, 0) is 16.1 Å². The highest BCUT2D eigenvalue weighted by Gasteiger charge is 2.25. The Bertz CT molecular complexity index is 884. The van der Waals surface area contributed by atoms with Crippen molar-refractivity contribution < 1.29 is 22.7 Å². The molecule has 0 spiro atoms. The molecule has 1 atom stereocenters. The van der Waals surface area contributed by atoms with Crippen molar-refractivity contribution >= 4 is 17.9 Å². The van der Waals surface area contributed by atoms with Crippen LogP contribution in [0, 0.1) is 17.5 Å². The van der Waals surface area contributed by atoms with E-state index in [0.29, 0.717) is 25.1 Å². The summed E-state index contributed by atoms with van der Waals surface area (Å²) in [7, 11) is 0. The van der Waals surface area contributed by atoms with Gasteiger partial charge >= 0.3 is 5.97 Å². The predicted octanol–water partition coefficient (Wildman–Crippen LogP) is 3.76. The van der Waals surface area contributed by atoms with Crippen molar-refractivity contribution in [1.29, 1.82) is 0 Å². The maximum atomic E-state index is 14.3. The van der Waals surface area contributed by atoms with Crippen LogP contribution in [0.1, 0.15) is 24.5 Å². The second-order valence-corrected chi connectivity index (χ2v) is 6.75. The van der Waals surface area contributed by atoms with Crippen molar-refractivity contribution in [2.24, 2.45) is 0 Å². The van der Waals surface area contributed by atoms with Gasteiger partial charge in [0, 0.05) is 43.5 Å². The summed E-state index contributed by atoms with van der Waals surface area (Å²) in [6.07, 6.45) is 4.78. The zero-order valence-corrected chi connectivity index (χ0v) is 16.0. The Morgan fingerprint density at radius 1 is 1.31 bits per heavy atom. The summed E-state index contributed by atoms with van der Waals surface area (Å²) in [6, 6.07) is 4.99. The Hall–Kier alpha value is -2.87. The molecule has 1 aliphatic heterocycles. The number of esters is 1. The summed E-state index contributed by atoms with van der Waals surface area (Å²) in [6.45, 7) is 3.27. The largest absolute Gasteiger partial charge is 0.463 e. The van der Waals surface area contributed by atoms with Gasteiger partial charge in [-0.1, -0.05) is 6.07 Å². The van der Waals surface area contributed by atoms with Gasteiger partial charge in [0.15, 0.2) is 11.6 Å². The van der Waals surface area contributed by atoms with Crippen molar-refractivity contribution in [2.75, 3.05) is 25.0 Å². The Balaban J connectivity index is 1.58. The standard InChI is InChI=1S/C21H22F3N3O2/c1-2-29-20(28)7-6-14-10-19(24)21(25-11-14)26-15-8-9-27(12-15)13-16-17(22)4-3-5-18(16)23/h3-7,10-11,15H,2,8-9,12-13H2,1H3,(H,25,26)/b7-6+/t15-/m1/s1. The monoisotopic (exact) mass is 405 g/mol. The van der Waals surface area contributed by atoms with E-state index < -0.39 is 23.4 Å². The lowest BCUT2D eigenvalue weighted by atomic mass is 10.2. The summed E-state index contributed by atoms with van der Waals surface area (Å²) >= 11 is 0. The second-order valence-electron chi connectivity index (χ2n) is 6.75. The number of hydrogen-bond donors (Lipinski definition) is 1. The first-order chi connectivity index (χ1) is 14.0. The molecule has 1 aliphatic rings. The van der Waals surface area contributed by atoms with E-state index in [2.05, 4.69) is 10.3 Å². The number of rotatable bonds is 7. The third-order valence-electron chi connectivity index (χ3n) is 4.62. The lowest BCUT2D eigenvalue weighted by molar-refractivity contribution is -0.137. The number of nitrogens with zero attached hydrogens (tertiary/aromatic N) is 2. The number of halogens is 3. The molecule has 1 fully saturated rings. The van der Waals surface area contributed by atoms with Gasteiger partial charge < -0.3 is 10.1 Å². The van der Waals surface area contributed by atoms with Gasteiger partial charge in [-0.3, -0.25) is 4.90 Å². The van der Waals surface area contributed by atoms with Crippen LogP contribution < -0.4 is 5.32 Å². The van der Waals surface area contributed by atoms with Crippen LogP contribution in [0.5, 0.6) is 0 Å². The molecule has 1 aromatic heterocycles. The van der Waals surface area contributed by atoms with Crippen LogP contribution in [0.4, 0.5) is 19.0 Å². The van der Waals surface area contributed by atoms with Crippen LogP contribution in [0.3, 0.4) is 0 Å². The van der Waals surface area contributed by atoms with E-state index in [1.807, 2.05) is 4.90 Å². The van der Waals surface area contributed by atoms with E-state index in [4.69, 9.17) is 4.74 Å². The molecule has 0 saturated carbocycles. The van der Waals surface area contributed by atoms with E-state index in [0.717, 1.165) is 0 Å². The fraction of sp³-hybridized carbons (Fsp3) is 0.333. The zero-order valence-electron chi connectivity index (χ0n) is 16.0. The minimum Gasteiger partial charge on any atom is -0.463 e. The van der Waals surface area contributed by atoms with Gasteiger partial charge in [-0.05, 0) is 43.2 Å². The Morgan fingerprint density at radius 3 is 2.76 bits per heavy atom. The number of likely N-dealkylation sites (tertiary alicyclic amines) is 1. The number of pyridine rings is 1. The van der Waals surface area contributed by atoms with Gasteiger partial charge in [0.05, 0.1) is 6.61 Å². The zero-order chi connectivity index (χ0) is 20.8. The Morgan fingerprint density at radius 2 is 2.07 bits per heavy atom. The molecule has 1 N–H and O–H groups in total. The normalized spacial score (nSPS) is 17.0. The molecule has 29 heavy (non-hydrogen) atoms. The first-order valence-corrected chi connectivity index (χ1v) is 9.38. The minimum atomic E-state index is -0.569. The lowest BCUT2D eigenvalue weighted by Crippen LogP contribution is -2.27. The van der Waals surface area contributed by atoms with Crippen LogP contribution in [-0.4, -0.2) is 41.6 Å². The fourth-order valence-corrected chi connectivity index (χ4v) is 3.20. The molecule has 0 amide bonds. The SMILES string of the molecule is CCOC(=O)/C=C/c1cnc(N[C@@H]2CCN(Cc3c(F)cccc3F)C2)c(F)c1.